The molecule has 1 aliphatic heterocycles. The number of ether oxygens (including phenoxy) is 2. The summed E-state index contributed by atoms with van der Waals surface area (Å²) in [5.74, 6) is -0.795. The average Bonchev–Trinajstić information content (AvgIpc) is 2.10. The monoisotopic (exact) mass is 186 g/mol. The lowest BCUT2D eigenvalue weighted by atomic mass is 9.84. The molecule has 1 rings (SSSR count). The van der Waals surface area contributed by atoms with Crippen LogP contribution in [0.3, 0.4) is 0 Å². The van der Waals surface area contributed by atoms with E-state index in [9.17, 15) is 9.59 Å². The summed E-state index contributed by atoms with van der Waals surface area (Å²) in [5.41, 5.74) is -1.09. The van der Waals surface area contributed by atoms with Crippen molar-refractivity contribution in [1.29, 1.82) is 0 Å². The van der Waals surface area contributed by atoms with E-state index in [0.29, 0.717) is 12.8 Å². The Balaban J connectivity index is 2.84. The molecule has 4 nitrogen and oxygen atoms in total. The van der Waals surface area contributed by atoms with Crippen LogP contribution in [-0.4, -0.2) is 24.6 Å². The molecule has 1 fully saturated rings. The van der Waals surface area contributed by atoms with Gasteiger partial charge >= 0.3 is 11.9 Å². The number of hydrogen-bond acceptors (Lipinski definition) is 4. The van der Waals surface area contributed by atoms with Crippen LogP contribution >= 0.6 is 0 Å². The molecule has 0 aromatic rings. The molecule has 0 spiro atoms. The van der Waals surface area contributed by atoms with E-state index in [4.69, 9.17) is 4.74 Å². The van der Waals surface area contributed by atoms with E-state index in [1.54, 1.807) is 6.92 Å². The predicted octanol–water partition coefficient (Wildman–Crippen LogP) is 0.891. The Hall–Kier alpha value is -1.06. The van der Waals surface area contributed by atoms with Gasteiger partial charge in [0.25, 0.3) is 0 Å². The van der Waals surface area contributed by atoms with Crippen molar-refractivity contribution in [3.05, 3.63) is 0 Å². The number of carbonyl (C=O) groups is 2. The second-order valence-electron chi connectivity index (χ2n) is 3.51. The fourth-order valence-corrected chi connectivity index (χ4v) is 1.44. The molecule has 0 aromatic heterocycles. The van der Waals surface area contributed by atoms with E-state index in [-0.39, 0.29) is 11.9 Å². The van der Waals surface area contributed by atoms with Crippen molar-refractivity contribution in [3.63, 3.8) is 0 Å². The highest BCUT2D eigenvalue weighted by atomic mass is 16.6. The number of methoxy groups -OCH3 is 1. The smallest absolute Gasteiger partial charge is 0.350 e. The van der Waals surface area contributed by atoms with Crippen LogP contribution in [-0.2, 0) is 19.1 Å². The van der Waals surface area contributed by atoms with Gasteiger partial charge in [0, 0.05) is 12.3 Å². The third kappa shape index (κ3) is 1.66. The lowest BCUT2D eigenvalue weighted by Crippen LogP contribution is -2.49. The van der Waals surface area contributed by atoms with E-state index < -0.39 is 11.6 Å². The van der Waals surface area contributed by atoms with Crippen LogP contribution in [0.25, 0.3) is 0 Å². The van der Waals surface area contributed by atoms with Gasteiger partial charge in [0.15, 0.2) is 0 Å². The number of cyclic esters (lactones) is 1. The fraction of sp³-hybridized carbons (Fsp3) is 0.778. The zero-order chi connectivity index (χ0) is 10.1. The maximum absolute atomic E-state index is 11.3. The first-order chi connectivity index (χ1) is 6.00. The Morgan fingerprint density at radius 2 is 2.31 bits per heavy atom. The van der Waals surface area contributed by atoms with E-state index in [2.05, 4.69) is 4.74 Å². The highest BCUT2D eigenvalue weighted by molar-refractivity contribution is 5.84. The van der Waals surface area contributed by atoms with Gasteiger partial charge in [-0.1, -0.05) is 6.92 Å². The van der Waals surface area contributed by atoms with Crippen molar-refractivity contribution in [2.45, 2.75) is 32.3 Å². The summed E-state index contributed by atoms with van der Waals surface area (Å²) < 4.78 is 9.62. The van der Waals surface area contributed by atoms with Crippen LogP contribution in [0, 0.1) is 5.92 Å². The summed E-state index contributed by atoms with van der Waals surface area (Å²) in [4.78, 5) is 22.4. The number of rotatable bonds is 1. The molecule has 0 unspecified atom stereocenters. The number of carbonyl (C=O) groups excluding carboxylic acids is 2. The SMILES string of the molecule is COC(=O)[C@]1(C)OC(=O)CC[C@H]1C. The second kappa shape index (κ2) is 3.36. The first-order valence-electron chi connectivity index (χ1n) is 4.31. The largest absolute Gasteiger partial charge is 0.466 e. The highest BCUT2D eigenvalue weighted by Crippen LogP contribution is 2.32. The molecule has 1 heterocycles. The molecule has 0 aliphatic carbocycles. The molecule has 0 saturated carbocycles. The van der Waals surface area contributed by atoms with Crippen LogP contribution in [0.15, 0.2) is 0 Å². The molecule has 0 amide bonds. The third-order valence-corrected chi connectivity index (χ3v) is 2.64. The van der Waals surface area contributed by atoms with E-state index >= 15 is 0 Å². The van der Waals surface area contributed by atoms with Crippen molar-refractivity contribution in [3.8, 4) is 0 Å². The topological polar surface area (TPSA) is 52.6 Å². The predicted molar refractivity (Wildman–Crippen MR) is 44.9 cm³/mol. The van der Waals surface area contributed by atoms with Gasteiger partial charge in [-0.2, -0.15) is 0 Å². The van der Waals surface area contributed by atoms with Crippen molar-refractivity contribution in [2.24, 2.45) is 5.92 Å². The molecule has 4 heteroatoms. The molecular weight excluding hydrogens is 172 g/mol. The minimum absolute atomic E-state index is 0.0117. The summed E-state index contributed by atoms with van der Waals surface area (Å²) in [5, 5.41) is 0. The zero-order valence-corrected chi connectivity index (χ0v) is 8.12. The molecule has 0 aromatic carbocycles. The van der Waals surface area contributed by atoms with Crippen LogP contribution in [0.4, 0.5) is 0 Å². The maximum atomic E-state index is 11.3. The van der Waals surface area contributed by atoms with Crippen LogP contribution < -0.4 is 0 Å². The zero-order valence-electron chi connectivity index (χ0n) is 8.12. The van der Waals surface area contributed by atoms with Gasteiger partial charge in [-0.05, 0) is 13.3 Å². The highest BCUT2D eigenvalue weighted by Gasteiger charge is 2.46. The van der Waals surface area contributed by atoms with E-state index in [1.807, 2.05) is 6.92 Å². The van der Waals surface area contributed by atoms with Crippen molar-refractivity contribution in [2.75, 3.05) is 7.11 Å². The minimum Gasteiger partial charge on any atom is -0.466 e. The molecule has 1 aliphatic rings. The Morgan fingerprint density at radius 3 is 2.85 bits per heavy atom. The molecule has 2 atom stereocenters. The first-order valence-corrected chi connectivity index (χ1v) is 4.31. The molecular formula is C9H14O4. The number of hydrogen-bond donors (Lipinski definition) is 0. The summed E-state index contributed by atoms with van der Waals surface area (Å²) in [6.45, 7) is 3.48. The fourth-order valence-electron chi connectivity index (χ4n) is 1.44. The Kier molecular flexibility index (Phi) is 2.59. The van der Waals surface area contributed by atoms with Gasteiger partial charge in [-0.15, -0.1) is 0 Å². The average molecular weight is 186 g/mol. The van der Waals surface area contributed by atoms with E-state index in [1.165, 1.54) is 7.11 Å². The van der Waals surface area contributed by atoms with Gasteiger partial charge in [0.05, 0.1) is 7.11 Å². The molecule has 0 N–H and O–H groups in total. The van der Waals surface area contributed by atoms with Crippen molar-refractivity contribution in [1.82, 2.24) is 0 Å². The van der Waals surface area contributed by atoms with E-state index in [0.717, 1.165) is 0 Å². The second-order valence-corrected chi connectivity index (χ2v) is 3.51. The first kappa shape index (κ1) is 10.0. The Labute approximate surface area is 77.2 Å². The van der Waals surface area contributed by atoms with Gasteiger partial charge in [-0.3, -0.25) is 4.79 Å². The summed E-state index contributed by atoms with van der Waals surface area (Å²) >= 11 is 0. The molecule has 1 saturated heterocycles. The standard InChI is InChI=1S/C9H14O4/c1-6-4-5-7(10)13-9(6,2)8(11)12-3/h6H,4-5H2,1-3H3/t6-,9-/m1/s1. The maximum Gasteiger partial charge on any atom is 0.350 e. The van der Waals surface area contributed by atoms with Gasteiger partial charge in [0.2, 0.25) is 5.60 Å². The molecule has 13 heavy (non-hydrogen) atoms. The van der Waals surface area contributed by atoms with Crippen LogP contribution in [0.5, 0.6) is 0 Å². The summed E-state index contributed by atoms with van der Waals surface area (Å²) in [6.07, 6.45) is 1.05. The quantitative estimate of drug-likeness (QED) is 0.571. The summed E-state index contributed by atoms with van der Waals surface area (Å²) in [7, 11) is 1.29. The molecule has 74 valence electrons. The van der Waals surface area contributed by atoms with Crippen molar-refractivity contribution >= 4 is 11.9 Å². The lowest BCUT2D eigenvalue weighted by Gasteiger charge is -2.35. The third-order valence-electron chi connectivity index (χ3n) is 2.64. The van der Waals surface area contributed by atoms with Crippen molar-refractivity contribution < 1.29 is 19.1 Å². The molecule has 0 radical (unpaired) electrons. The minimum atomic E-state index is -1.09. The Morgan fingerprint density at radius 1 is 1.69 bits per heavy atom. The summed E-state index contributed by atoms with van der Waals surface area (Å²) in [6, 6.07) is 0. The van der Waals surface area contributed by atoms with Crippen LogP contribution in [0.1, 0.15) is 26.7 Å². The normalized spacial score (nSPS) is 33.8. The van der Waals surface area contributed by atoms with Gasteiger partial charge in [0.1, 0.15) is 0 Å². The Bertz CT molecular complexity index is 236. The van der Waals surface area contributed by atoms with Gasteiger partial charge < -0.3 is 9.47 Å². The van der Waals surface area contributed by atoms with Crippen LogP contribution in [0.2, 0.25) is 0 Å². The lowest BCUT2D eigenvalue weighted by molar-refractivity contribution is -0.191. The number of esters is 2. The van der Waals surface area contributed by atoms with Gasteiger partial charge in [-0.25, -0.2) is 4.79 Å². The molecule has 0 bridgehead atoms.